The molecule has 4 nitrogen and oxygen atoms in total. The van der Waals surface area contributed by atoms with Gasteiger partial charge in [0.15, 0.2) is 0 Å². The molecule has 0 unspecified atom stereocenters. The summed E-state index contributed by atoms with van der Waals surface area (Å²) in [6, 6.07) is 0.723. The Labute approximate surface area is 160 Å². The van der Waals surface area contributed by atoms with Gasteiger partial charge in [-0.25, -0.2) is 4.79 Å². The summed E-state index contributed by atoms with van der Waals surface area (Å²) < 4.78 is 130. The number of hydrogen-bond acceptors (Lipinski definition) is 2. The molecule has 170 valence electrons. The molecule has 0 saturated carbocycles. The van der Waals surface area contributed by atoms with E-state index in [-0.39, 0.29) is 11.3 Å². The van der Waals surface area contributed by atoms with Crippen LogP contribution in [0.2, 0.25) is 0 Å². The number of benzene rings is 2. The highest BCUT2D eigenvalue weighted by Gasteiger charge is 2.69. The summed E-state index contributed by atoms with van der Waals surface area (Å²) in [4.78, 5) is 16.0. The van der Waals surface area contributed by atoms with Crippen molar-refractivity contribution in [1.29, 1.82) is 0 Å². The van der Waals surface area contributed by atoms with Gasteiger partial charge in [-0.05, 0) is 42.5 Å². The maximum atomic E-state index is 13.0. The van der Waals surface area contributed by atoms with E-state index in [0.29, 0.717) is 0 Å². The smallest absolute Gasteiger partial charge is 0.335 e. The topological polar surface area (TPSA) is 66.4 Å². The molecule has 0 aliphatic heterocycles. The van der Waals surface area contributed by atoms with Crippen LogP contribution in [0.1, 0.15) is 20.7 Å². The average Bonchev–Trinajstić information content (AvgIpc) is 2.50. The largest absolute Gasteiger partial charge is 0.478 e. The number of rotatable bonds is 5. The molecule has 2 rings (SSSR count). The first-order valence-corrected chi connectivity index (χ1v) is 11.0. The van der Waals surface area contributed by atoms with E-state index >= 15 is 0 Å². The van der Waals surface area contributed by atoms with Gasteiger partial charge in [-0.1, -0.05) is 38.9 Å². The van der Waals surface area contributed by atoms with Crippen LogP contribution < -0.4 is 5.32 Å². The van der Waals surface area contributed by atoms with Crippen molar-refractivity contribution in [3.05, 3.63) is 53.6 Å². The summed E-state index contributed by atoms with van der Waals surface area (Å²) >= 11 is 0. The fraction of sp³-hybridized carbons (Fsp3) is 0. The molecule has 0 saturated heterocycles. The second-order valence-corrected chi connectivity index (χ2v) is 10.8. The van der Waals surface area contributed by atoms with Crippen LogP contribution in [0, 0.1) is 0 Å². The number of nitrogens with one attached hydrogen (secondary N) is 1. The van der Waals surface area contributed by atoms with Crippen molar-refractivity contribution < 1.29 is 53.6 Å². The van der Waals surface area contributed by atoms with Crippen molar-refractivity contribution in [3.8, 4) is 0 Å². The van der Waals surface area contributed by atoms with Gasteiger partial charge in [-0.3, -0.25) is 4.79 Å². The number of carbonyl (C=O) groups is 2. The third-order valence-corrected chi connectivity index (χ3v) is 5.68. The normalized spacial score (nSPS) is 17.1. The fourth-order valence-electron chi connectivity index (χ4n) is 2.05. The standard InChI is InChI=1S/C14H9F10NO3S2/c15-29(16,17,18,19)11-5-9(6-12(7-11)30(20,21,22,23)24)13(26)25-10-3-1-8(2-4-10)14(27)28/h1-7H,(H,25,26)(H,27,28). The Morgan fingerprint density at radius 2 is 1.07 bits per heavy atom. The van der Waals surface area contributed by atoms with E-state index in [1.54, 1.807) is 5.32 Å². The first-order chi connectivity index (χ1) is 12.9. The number of aromatic carboxylic acids is 1. The summed E-state index contributed by atoms with van der Waals surface area (Å²) in [6.07, 6.45) is 0. The molecule has 0 radical (unpaired) electrons. The summed E-state index contributed by atoms with van der Waals surface area (Å²) in [7, 11) is -21.8. The summed E-state index contributed by atoms with van der Waals surface area (Å²) in [5.74, 6) is -3.26. The molecule has 30 heavy (non-hydrogen) atoms. The molecule has 0 aliphatic rings. The fourth-order valence-corrected chi connectivity index (χ4v) is 3.52. The van der Waals surface area contributed by atoms with E-state index in [9.17, 15) is 48.4 Å². The van der Waals surface area contributed by atoms with Crippen molar-refractivity contribution in [1.82, 2.24) is 0 Å². The Morgan fingerprint density at radius 3 is 1.40 bits per heavy atom. The lowest BCUT2D eigenvalue weighted by atomic mass is 10.2. The number of amides is 1. The van der Waals surface area contributed by atoms with Crippen LogP contribution in [0.4, 0.5) is 44.5 Å². The van der Waals surface area contributed by atoms with Crippen molar-refractivity contribution in [2.75, 3.05) is 5.32 Å². The van der Waals surface area contributed by atoms with Gasteiger partial charge in [0.25, 0.3) is 5.91 Å². The molecule has 2 aromatic rings. The Balaban J connectivity index is 2.62. The predicted octanol–water partition coefficient (Wildman–Crippen LogP) is 7.95. The molecule has 0 bridgehead atoms. The SMILES string of the molecule is O=C(O)c1ccc(NC(=O)c2cc(S(F)(F)(F)(F)F)cc(S(F)(F)(F)(F)F)c2)cc1. The number of carboxylic acid groups (broad SMARTS) is 1. The Morgan fingerprint density at radius 1 is 0.667 bits per heavy atom. The van der Waals surface area contributed by atoms with Crippen molar-refractivity contribution in [2.45, 2.75) is 9.79 Å². The van der Waals surface area contributed by atoms with Crippen LogP contribution in [0.5, 0.6) is 0 Å². The number of halogens is 10. The number of carbonyl (C=O) groups excluding carboxylic acids is 1. The predicted molar refractivity (Wildman–Crippen MR) is 90.6 cm³/mol. The van der Waals surface area contributed by atoms with Gasteiger partial charge in [0.05, 0.1) is 5.56 Å². The zero-order valence-corrected chi connectivity index (χ0v) is 15.5. The zero-order valence-electron chi connectivity index (χ0n) is 13.9. The lowest BCUT2D eigenvalue weighted by Gasteiger charge is -2.44. The maximum absolute atomic E-state index is 13.0. The second kappa shape index (κ2) is 5.35. The van der Waals surface area contributed by atoms with Crippen LogP contribution in [-0.4, -0.2) is 17.0 Å². The van der Waals surface area contributed by atoms with Gasteiger partial charge >= 0.3 is 26.4 Å². The molecule has 2 aromatic carbocycles. The van der Waals surface area contributed by atoms with E-state index in [1.165, 1.54) is 0 Å². The monoisotopic (exact) mass is 493 g/mol. The van der Waals surface area contributed by atoms with Crippen LogP contribution in [-0.2, 0) is 0 Å². The molecule has 0 fully saturated rings. The average molecular weight is 493 g/mol. The number of anilines is 1. The summed E-state index contributed by atoms with van der Waals surface area (Å²) in [5, 5.41) is 10.4. The van der Waals surface area contributed by atoms with Gasteiger partial charge in [0.2, 0.25) is 0 Å². The van der Waals surface area contributed by atoms with Gasteiger partial charge in [-0.2, -0.15) is 0 Å². The molecule has 2 N–H and O–H groups in total. The minimum absolute atomic E-state index is 0.306. The summed E-state index contributed by atoms with van der Waals surface area (Å²) in [5.41, 5.74) is -2.44. The van der Waals surface area contributed by atoms with E-state index in [4.69, 9.17) is 5.11 Å². The lowest BCUT2D eigenvalue weighted by Crippen LogP contribution is -2.17. The van der Waals surface area contributed by atoms with Crippen LogP contribution in [0.3, 0.4) is 0 Å². The Bertz CT molecular complexity index is 1020. The molecular weight excluding hydrogens is 484 g/mol. The van der Waals surface area contributed by atoms with Gasteiger partial charge in [0, 0.05) is 11.3 Å². The molecule has 0 spiro atoms. The van der Waals surface area contributed by atoms with Gasteiger partial charge in [-0.15, -0.1) is 0 Å². The molecule has 16 heteroatoms. The number of carboxylic acids is 1. The molecular formula is C14H9F10NO3S2. The molecule has 0 atom stereocenters. The minimum atomic E-state index is -10.9. The second-order valence-electron chi connectivity index (χ2n) is 5.97. The zero-order chi connectivity index (χ0) is 23.5. The van der Waals surface area contributed by atoms with Gasteiger partial charge < -0.3 is 10.4 Å². The van der Waals surface area contributed by atoms with Crippen molar-refractivity contribution in [3.63, 3.8) is 0 Å². The highest BCUT2D eigenvalue weighted by atomic mass is 32.5. The van der Waals surface area contributed by atoms with Crippen LogP contribution >= 0.6 is 20.4 Å². The highest BCUT2D eigenvalue weighted by molar-refractivity contribution is 8.46. The third-order valence-electron chi connectivity index (χ3n) is 3.42. The first kappa shape index (κ1) is 23.7. The molecule has 1 amide bonds. The highest BCUT2D eigenvalue weighted by Crippen LogP contribution is 3.05. The van der Waals surface area contributed by atoms with Crippen molar-refractivity contribution in [2.24, 2.45) is 0 Å². The molecule has 0 heterocycles. The minimum Gasteiger partial charge on any atom is -0.478 e. The molecule has 0 aliphatic carbocycles. The van der Waals surface area contributed by atoms with Gasteiger partial charge in [0.1, 0.15) is 9.79 Å². The lowest BCUT2D eigenvalue weighted by molar-refractivity contribution is 0.0696. The maximum Gasteiger partial charge on any atom is 0.335 e. The van der Waals surface area contributed by atoms with Crippen molar-refractivity contribution >= 4 is 38.0 Å². The third kappa shape index (κ3) is 5.71. The summed E-state index contributed by atoms with van der Waals surface area (Å²) in [6.45, 7) is 0. The quantitative estimate of drug-likeness (QED) is 0.416. The van der Waals surface area contributed by atoms with E-state index < -0.39 is 65.9 Å². The van der Waals surface area contributed by atoms with Crippen LogP contribution in [0.15, 0.2) is 52.3 Å². The molecule has 0 aromatic heterocycles. The Hall–Kier alpha value is -2.62. The number of hydrogen-bond donors (Lipinski definition) is 2. The van der Waals surface area contributed by atoms with Crippen LogP contribution in [0.25, 0.3) is 0 Å². The van der Waals surface area contributed by atoms with E-state index in [0.717, 1.165) is 24.3 Å². The first-order valence-electron chi connectivity index (χ1n) is 7.14. The van der Waals surface area contributed by atoms with E-state index in [2.05, 4.69) is 0 Å². The van der Waals surface area contributed by atoms with E-state index in [1.807, 2.05) is 0 Å². The Kier molecular flexibility index (Phi) is 4.22.